The second kappa shape index (κ2) is 12.7. The Morgan fingerprint density at radius 3 is 2.59 bits per heavy atom. The van der Waals surface area contributed by atoms with E-state index in [9.17, 15) is 9.59 Å². The van der Waals surface area contributed by atoms with Crippen molar-refractivity contribution in [2.24, 2.45) is 17.8 Å². The minimum Gasteiger partial charge on any atom is -0.379 e. The third-order valence-corrected chi connectivity index (χ3v) is 8.80. The fourth-order valence-corrected chi connectivity index (χ4v) is 6.73. The summed E-state index contributed by atoms with van der Waals surface area (Å²) in [7, 11) is 3.42. The van der Waals surface area contributed by atoms with E-state index in [1.54, 1.807) is 14.2 Å². The number of rotatable bonds is 9. The highest BCUT2D eigenvalue weighted by Crippen LogP contribution is 2.32. The molecule has 4 fully saturated rings. The smallest absolute Gasteiger partial charge is 0.237 e. The second-order valence-electron chi connectivity index (χ2n) is 10.9. The molecule has 6 atom stereocenters. The molecular formula is C26H46N4O4. The number of ether oxygens (including phenoxy) is 2. The van der Waals surface area contributed by atoms with Gasteiger partial charge in [-0.3, -0.25) is 9.59 Å². The van der Waals surface area contributed by atoms with Crippen LogP contribution in [0.5, 0.6) is 0 Å². The molecule has 0 radical (unpaired) electrons. The summed E-state index contributed by atoms with van der Waals surface area (Å²) in [6.45, 7) is 4.57. The Balaban J connectivity index is 1.09. The maximum absolute atomic E-state index is 13.2. The lowest BCUT2D eigenvalue weighted by molar-refractivity contribution is -0.152. The molecule has 0 aromatic heterocycles. The number of piperidine rings is 2. The van der Waals surface area contributed by atoms with E-state index >= 15 is 0 Å². The average molecular weight is 479 g/mol. The zero-order valence-electron chi connectivity index (χ0n) is 21.2. The first-order valence-electron chi connectivity index (χ1n) is 13.7. The molecular weight excluding hydrogens is 432 g/mol. The van der Waals surface area contributed by atoms with Crippen LogP contribution in [0.4, 0.5) is 0 Å². The largest absolute Gasteiger partial charge is 0.379 e. The van der Waals surface area contributed by atoms with Crippen LogP contribution < -0.4 is 16.0 Å². The summed E-state index contributed by atoms with van der Waals surface area (Å²) >= 11 is 0. The van der Waals surface area contributed by atoms with Gasteiger partial charge < -0.3 is 30.3 Å². The molecule has 194 valence electrons. The van der Waals surface area contributed by atoms with Crippen molar-refractivity contribution in [2.75, 3.05) is 46.9 Å². The number of amides is 2. The Morgan fingerprint density at radius 1 is 1.03 bits per heavy atom. The lowest BCUT2D eigenvalue weighted by Crippen LogP contribution is -2.50. The van der Waals surface area contributed by atoms with Crippen molar-refractivity contribution >= 4 is 11.8 Å². The number of carbonyl (C=O) groups excluding carboxylic acids is 2. The Labute approximate surface area is 205 Å². The van der Waals surface area contributed by atoms with Gasteiger partial charge in [-0.15, -0.1) is 0 Å². The molecule has 3 heterocycles. The number of likely N-dealkylation sites (tertiary alicyclic amines) is 1. The molecule has 3 N–H and O–H groups in total. The number of fused-ring (bicyclic) bond motifs is 1. The van der Waals surface area contributed by atoms with Crippen LogP contribution in [-0.2, 0) is 19.1 Å². The summed E-state index contributed by atoms with van der Waals surface area (Å²) in [4.78, 5) is 27.8. The number of hydrogen-bond donors (Lipinski definition) is 3. The first-order valence-corrected chi connectivity index (χ1v) is 13.7. The summed E-state index contributed by atoms with van der Waals surface area (Å²) in [6.07, 6.45) is 10.4. The molecule has 0 aromatic rings. The van der Waals surface area contributed by atoms with Gasteiger partial charge >= 0.3 is 0 Å². The number of unbranched alkanes of at least 4 members (excludes halogenated alkanes) is 1. The summed E-state index contributed by atoms with van der Waals surface area (Å²) in [5.41, 5.74) is 0. The molecule has 1 saturated carbocycles. The molecule has 4 aliphatic rings. The van der Waals surface area contributed by atoms with Crippen molar-refractivity contribution in [1.29, 1.82) is 0 Å². The van der Waals surface area contributed by atoms with Crippen molar-refractivity contribution in [1.82, 2.24) is 20.9 Å². The van der Waals surface area contributed by atoms with Crippen molar-refractivity contribution in [2.45, 2.75) is 88.5 Å². The minimum atomic E-state index is -0.126. The van der Waals surface area contributed by atoms with Gasteiger partial charge in [-0.25, -0.2) is 0 Å². The van der Waals surface area contributed by atoms with Gasteiger partial charge in [0.1, 0.15) is 0 Å². The molecule has 6 unspecified atom stereocenters. The molecule has 34 heavy (non-hydrogen) atoms. The van der Waals surface area contributed by atoms with Crippen LogP contribution in [0.15, 0.2) is 0 Å². The number of carbonyl (C=O) groups is 2. The van der Waals surface area contributed by atoms with E-state index < -0.39 is 0 Å². The highest BCUT2D eigenvalue weighted by atomic mass is 16.5. The monoisotopic (exact) mass is 478 g/mol. The Hall–Kier alpha value is -1.22. The van der Waals surface area contributed by atoms with Crippen LogP contribution >= 0.6 is 0 Å². The third kappa shape index (κ3) is 6.31. The van der Waals surface area contributed by atoms with Crippen LogP contribution in [0.25, 0.3) is 0 Å². The zero-order chi connectivity index (χ0) is 23.9. The molecule has 0 bridgehead atoms. The molecule has 8 nitrogen and oxygen atoms in total. The van der Waals surface area contributed by atoms with Gasteiger partial charge in [0.25, 0.3) is 0 Å². The van der Waals surface area contributed by atoms with Crippen molar-refractivity contribution < 1.29 is 19.1 Å². The minimum absolute atomic E-state index is 0.0159. The average Bonchev–Trinajstić information content (AvgIpc) is 3.32. The van der Waals surface area contributed by atoms with Crippen LogP contribution in [0.3, 0.4) is 0 Å². The summed E-state index contributed by atoms with van der Waals surface area (Å²) in [5, 5.41) is 10.1. The molecule has 3 aliphatic heterocycles. The second-order valence-corrected chi connectivity index (χ2v) is 10.9. The SMILES string of the molecule is COC1CCCC(C(=O)N2CCC(CCCCNC(=O)C3CC4CNCCC4N3)CC2)C1OC. The van der Waals surface area contributed by atoms with Gasteiger partial charge in [0, 0.05) is 39.9 Å². The number of nitrogens with one attached hydrogen (secondary N) is 3. The summed E-state index contributed by atoms with van der Waals surface area (Å²) in [6, 6.07) is 0.493. The van der Waals surface area contributed by atoms with Gasteiger partial charge in [-0.05, 0) is 76.3 Å². The van der Waals surface area contributed by atoms with E-state index in [0.717, 1.165) is 90.5 Å². The molecule has 8 heteroatoms. The number of hydrogen-bond acceptors (Lipinski definition) is 6. The highest BCUT2D eigenvalue weighted by molar-refractivity contribution is 5.82. The number of methoxy groups -OCH3 is 2. The van der Waals surface area contributed by atoms with Crippen molar-refractivity contribution in [3.8, 4) is 0 Å². The fourth-order valence-electron chi connectivity index (χ4n) is 6.73. The van der Waals surface area contributed by atoms with Crippen molar-refractivity contribution in [3.63, 3.8) is 0 Å². The van der Waals surface area contributed by atoms with Gasteiger partial charge in [0.15, 0.2) is 0 Å². The molecule has 2 amide bonds. The van der Waals surface area contributed by atoms with Crippen LogP contribution in [0, 0.1) is 17.8 Å². The first-order chi connectivity index (χ1) is 16.6. The van der Waals surface area contributed by atoms with E-state index in [1.165, 1.54) is 6.42 Å². The van der Waals surface area contributed by atoms with Gasteiger partial charge in [0.05, 0.1) is 24.2 Å². The lowest BCUT2D eigenvalue weighted by atomic mass is 9.82. The van der Waals surface area contributed by atoms with Crippen LogP contribution in [0.1, 0.15) is 64.2 Å². The molecule has 0 aromatic carbocycles. The fraction of sp³-hybridized carbons (Fsp3) is 0.923. The first kappa shape index (κ1) is 25.9. The van der Waals surface area contributed by atoms with E-state index in [2.05, 4.69) is 20.9 Å². The van der Waals surface area contributed by atoms with Gasteiger partial charge in [-0.1, -0.05) is 12.8 Å². The molecule has 0 spiro atoms. The summed E-state index contributed by atoms with van der Waals surface area (Å²) < 4.78 is 11.3. The maximum atomic E-state index is 13.2. The Morgan fingerprint density at radius 2 is 1.85 bits per heavy atom. The van der Waals surface area contributed by atoms with E-state index in [0.29, 0.717) is 17.9 Å². The van der Waals surface area contributed by atoms with Gasteiger partial charge in [-0.2, -0.15) is 0 Å². The lowest BCUT2D eigenvalue weighted by Gasteiger charge is -2.40. The summed E-state index contributed by atoms with van der Waals surface area (Å²) in [5.74, 6) is 1.64. The zero-order valence-corrected chi connectivity index (χ0v) is 21.2. The van der Waals surface area contributed by atoms with Gasteiger partial charge in [0.2, 0.25) is 11.8 Å². The Bertz CT molecular complexity index is 655. The van der Waals surface area contributed by atoms with E-state index in [4.69, 9.17) is 9.47 Å². The molecule has 3 saturated heterocycles. The third-order valence-electron chi connectivity index (χ3n) is 8.80. The molecule has 4 rings (SSSR count). The highest BCUT2D eigenvalue weighted by Gasteiger charge is 2.40. The van der Waals surface area contributed by atoms with E-state index in [1.807, 2.05) is 0 Å². The topological polar surface area (TPSA) is 91.9 Å². The number of nitrogens with zero attached hydrogens (tertiary/aromatic N) is 1. The van der Waals surface area contributed by atoms with Crippen LogP contribution in [0.2, 0.25) is 0 Å². The van der Waals surface area contributed by atoms with Crippen LogP contribution in [-0.4, -0.2) is 87.9 Å². The van der Waals surface area contributed by atoms with E-state index in [-0.39, 0.29) is 36.0 Å². The predicted octanol–water partition coefficient (Wildman–Crippen LogP) is 1.68. The predicted molar refractivity (Wildman–Crippen MR) is 131 cm³/mol. The molecule has 1 aliphatic carbocycles. The maximum Gasteiger partial charge on any atom is 0.237 e. The Kier molecular flexibility index (Phi) is 9.62. The standard InChI is InChI=1S/C26H46N4O4/c1-33-23-8-5-7-20(24(23)34-2)26(32)30-14-10-18(11-15-30)6-3-4-12-28-25(31)22-16-19-17-27-13-9-21(19)29-22/h18-24,27,29H,3-17H2,1-2H3,(H,28,31). The normalized spacial score (nSPS) is 34.6. The van der Waals surface area contributed by atoms with Crippen molar-refractivity contribution in [3.05, 3.63) is 0 Å². The quantitative estimate of drug-likeness (QED) is 0.437.